The Balaban J connectivity index is 1.92. The number of benzene rings is 1. The molecular formula is C13H13N3O2S. The zero-order valence-electron chi connectivity index (χ0n) is 10.1. The summed E-state index contributed by atoms with van der Waals surface area (Å²) in [5.74, 6) is 0.316. The zero-order chi connectivity index (χ0) is 13.3. The van der Waals surface area contributed by atoms with Crippen molar-refractivity contribution < 1.29 is 8.42 Å². The fraction of sp³-hybridized carbons (Fsp3) is 0.154. The molecule has 0 saturated heterocycles. The molecule has 0 aliphatic carbocycles. The van der Waals surface area contributed by atoms with E-state index in [0.29, 0.717) is 5.82 Å². The molecule has 1 aliphatic rings. The van der Waals surface area contributed by atoms with Gasteiger partial charge in [0.05, 0.1) is 4.90 Å². The second kappa shape index (κ2) is 4.55. The van der Waals surface area contributed by atoms with Gasteiger partial charge in [0.25, 0.3) is 10.0 Å². The van der Waals surface area contributed by atoms with Crippen LogP contribution in [0.1, 0.15) is 5.56 Å². The Morgan fingerprint density at radius 3 is 2.89 bits per heavy atom. The van der Waals surface area contributed by atoms with Gasteiger partial charge in [-0.05, 0) is 36.2 Å². The molecule has 3 rings (SSSR count). The second-order valence-electron chi connectivity index (χ2n) is 4.32. The van der Waals surface area contributed by atoms with E-state index in [4.69, 9.17) is 0 Å². The third-order valence-corrected chi connectivity index (χ3v) is 4.36. The first-order chi connectivity index (χ1) is 9.15. The van der Waals surface area contributed by atoms with E-state index >= 15 is 0 Å². The van der Waals surface area contributed by atoms with Crippen LogP contribution in [0.25, 0.3) is 0 Å². The second-order valence-corrected chi connectivity index (χ2v) is 6.00. The number of nitrogens with one attached hydrogen (secondary N) is 2. The number of nitrogens with zero attached hydrogens (tertiary/aromatic N) is 1. The van der Waals surface area contributed by atoms with Crippen LogP contribution in [-0.4, -0.2) is 19.9 Å². The van der Waals surface area contributed by atoms with Crippen LogP contribution in [0, 0.1) is 0 Å². The summed E-state index contributed by atoms with van der Waals surface area (Å²) >= 11 is 0. The molecule has 0 bridgehead atoms. The molecule has 98 valence electrons. The molecule has 2 heterocycles. The van der Waals surface area contributed by atoms with Crippen LogP contribution in [0.15, 0.2) is 47.5 Å². The molecule has 0 atom stereocenters. The quantitative estimate of drug-likeness (QED) is 0.896. The molecule has 1 aromatic carbocycles. The molecule has 1 aromatic heterocycles. The molecule has 0 saturated carbocycles. The Bertz CT molecular complexity index is 699. The lowest BCUT2D eigenvalue weighted by Gasteiger charge is -2.08. The van der Waals surface area contributed by atoms with Crippen molar-refractivity contribution in [1.29, 1.82) is 0 Å². The van der Waals surface area contributed by atoms with Gasteiger partial charge in [0.1, 0.15) is 5.82 Å². The Labute approximate surface area is 111 Å². The molecule has 0 spiro atoms. The number of hydrogen-bond donors (Lipinski definition) is 2. The highest BCUT2D eigenvalue weighted by Crippen LogP contribution is 2.26. The lowest BCUT2D eigenvalue weighted by molar-refractivity contribution is 0.601. The maximum Gasteiger partial charge on any atom is 0.263 e. The van der Waals surface area contributed by atoms with Gasteiger partial charge < -0.3 is 5.32 Å². The molecule has 2 N–H and O–H groups in total. The first kappa shape index (κ1) is 12.0. The van der Waals surface area contributed by atoms with Gasteiger partial charge in [-0.1, -0.05) is 12.1 Å². The number of rotatable bonds is 3. The third kappa shape index (κ3) is 2.39. The Kier molecular flexibility index (Phi) is 2.87. The summed E-state index contributed by atoms with van der Waals surface area (Å²) in [5.41, 5.74) is 2.04. The molecule has 6 heteroatoms. The SMILES string of the molecule is O=S(=O)(Nc1ccccn1)c1ccc2c(c1)NCC2. The molecule has 0 amide bonds. The van der Waals surface area contributed by atoms with Crippen molar-refractivity contribution in [3.05, 3.63) is 48.2 Å². The van der Waals surface area contributed by atoms with Crippen molar-refractivity contribution in [1.82, 2.24) is 4.98 Å². The van der Waals surface area contributed by atoms with Gasteiger partial charge in [-0.3, -0.25) is 4.72 Å². The van der Waals surface area contributed by atoms with Crippen molar-refractivity contribution in [2.75, 3.05) is 16.6 Å². The summed E-state index contributed by atoms with van der Waals surface area (Å²) in [5, 5.41) is 3.17. The monoisotopic (exact) mass is 275 g/mol. The first-order valence-electron chi connectivity index (χ1n) is 5.96. The van der Waals surface area contributed by atoms with Crippen molar-refractivity contribution in [3.63, 3.8) is 0 Å². The molecule has 19 heavy (non-hydrogen) atoms. The number of sulfonamides is 1. The van der Waals surface area contributed by atoms with E-state index in [1.54, 1.807) is 36.5 Å². The lowest BCUT2D eigenvalue weighted by Crippen LogP contribution is -2.13. The lowest BCUT2D eigenvalue weighted by atomic mass is 10.2. The van der Waals surface area contributed by atoms with Gasteiger partial charge in [0.2, 0.25) is 0 Å². The van der Waals surface area contributed by atoms with E-state index in [1.165, 1.54) is 0 Å². The van der Waals surface area contributed by atoms with Gasteiger partial charge in [0, 0.05) is 18.4 Å². The fourth-order valence-corrected chi connectivity index (χ4v) is 3.09. The van der Waals surface area contributed by atoms with Crippen molar-refractivity contribution in [2.24, 2.45) is 0 Å². The average molecular weight is 275 g/mol. The fourth-order valence-electron chi connectivity index (χ4n) is 2.06. The Morgan fingerprint density at radius 2 is 2.11 bits per heavy atom. The Morgan fingerprint density at radius 1 is 1.21 bits per heavy atom. The summed E-state index contributed by atoms with van der Waals surface area (Å²) < 4.78 is 26.9. The average Bonchev–Trinajstić information content (AvgIpc) is 2.86. The summed E-state index contributed by atoms with van der Waals surface area (Å²) in [6.45, 7) is 0.854. The highest BCUT2D eigenvalue weighted by molar-refractivity contribution is 7.92. The van der Waals surface area contributed by atoms with Crippen LogP contribution in [0.4, 0.5) is 11.5 Å². The number of aromatic nitrogens is 1. The predicted molar refractivity (Wildman–Crippen MR) is 73.7 cm³/mol. The number of hydrogen-bond acceptors (Lipinski definition) is 4. The summed E-state index contributed by atoms with van der Waals surface area (Å²) in [6.07, 6.45) is 2.48. The highest BCUT2D eigenvalue weighted by atomic mass is 32.2. The predicted octanol–water partition coefficient (Wildman–Crippen LogP) is 1.85. The molecular weight excluding hydrogens is 262 g/mol. The first-order valence-corrected chi connectivity index (χ1v) is 7.44. The van der Waals surface area contributed by atoms with Crippen LogP contribution in [0.5, 0.6) is 0 Å². The smallest absolute Gasteiger partial charge is 0.263 e. The van der Waals surface area contributed by atoms with Gasteiger partial charge in [0.15, 0.2) is 0 Å². The van der Waals surface area contributed by atoms with Gasteiger partial charge in [-0.15, -0.1) is 0 Å². The van der Waals surface area contributed by atoms with E-state index in [1.807, 2.05) is 6.07 Å². The van der Waals surface area contributed by atoms with E-state index in [0.717, 1.165) is 24.2 Å². The number of anilines is 2. The van der Waals surface area contributed by atoms with E-state index < -0.39 is 10.0 Å². The minimum Gasteiger partial charge on any atom is -0.384 e. The summed E-state index contributed by atoms with van der Waals surface area (Å²) in [7, 11) is -3.59. The molecule has 5 nitrogen and oxygen atoms in total. The van der Waals surface area contributed by atoms with Gasteiger partial charge in [-0.2, -0.15) is 0 Å². The molecule has 0 fully saturated rings. The Hall–Kier alpha value is -2.08. The third-order valence-electron chi connectivity index (χ3n) is 3.01. The standard InChI is InChI=1S/C13H13N3O2S/c17-19(18,16-13-3-1-2-7-15-13)11-5-4-10-6-8-14-12(10)9-11/h1-5,7,9,14H,6,8H2,(H,15,16). The van der Waals surface area contributed by atoms with Gasteiger partial charge in [-0.25, -0.2) is 13.4 Å². The largest absolute Gasteiger partial charge is 0.384 e. The van der Waals surface area contributed by atoms with Crippen LogP contribution >= 0.6 is 0 Å². The molecule has 2 aromatic rings. The minimum absolute atomic E-state index is 0.242. The van der Waals surface area contributed by atoms with Gasteiger partial charge >= 0.3 is 0 Å². The highest BCUT2D eigenvalue weighted by Gasteiger charge is 2.18. The number of fused-ring (bicyclic) bond motifs is 1. The topological polar surface area (TPSA) is 71.1 Å². The van der Waals surface area contributed by atoms with E-state index in [-0.39, 0.29) is 4.90 Å². The molecule has 0 radical (unpaired) electrons. The maximum absolute atomic E-state index is 12.2. The van der Waals surface area contributed by atoms with Crippen LogP contribution < -0.4 is 10.0 Å². The van der Waals surface area contributed by atoms with Crippen LogP contribution in [-0.2, 0) is 16.4 Å². The van der Waals surface area contributed by atoms with Crippen molar-refractivity contribution in [3.8, 4) is 0 Å². The van der Waals surface area contributed by atoms with E-state index in [9.17, 15) is 8.42 Å². The zero-order valence-corrected chi connectivity index (χ0v) is 10.9. The number of pyridine rings is 1. The van der Waals surface area contributed by atoms with Crippen LogP contribution in [0.2, 0.25) is 0 Å². The van der Waals surface area contributed by atoms with Crippen LogP contribution in [0.3, 0.4) is 0 Å². The van der Waals surface area contributed by atoms with Crippen molar-refractivity contribution >= 4 is 21.5 Å². The summed E-state index contributed by atoms with van der Waals surface area (Å²) in [6, 6.07) is 10.2. The van der Waals surface area contributed by atoms with Crippen molar-refractivity contribution in [2.45, 2.75) is 11.3 Å². The maximum atomic E-state index is 12.2. The summed E-state index contributed by atoms with van der Waals surface area (Å²) in [4.78, 5) is 4.20. The van der Waals surface area contributed by atoms with E-state index in [2.05, 4.69) is 15.0 Å². The molecule has 1 aliphatic heterocycles. The normalized spacial score (nSPS) is 13.7. The minimum atomic E-state index is -3.59. The molecule has 0 unspecified atom stereocenters.